The van der Waals surface area contributed by atoms with E-state index in [0.717, 1.165) is 43.1 Å². The van der Waals surface area contributed by atoms with Gasteiger partial charge < -0.3 is 10.2 Å². The maximum absolute atomic E-state index is 12.4. The van der Waals surface area contributed by atoms with Gasteiger partial charge in [0.2, 0.25) is 5.91 Å². The van der Waals surface area contributed by atoms with Gasteiger partial charge in [-0.05, 0) is 61.2 Å². The van der Waals surface area contributed by atoms with Gasteiger partial charge in [0.05, 0.1) is 0 Å². The lowest BCUT2D eigenvalue weighted by molar-refractivity contribution is -0.122. The Morgan fingerprint density at radius 1 is 1.10 bits per heavy atom. The number of halogens is 1. The predicted molar refractivity (Wildman–Crippen MR) is 114 cm³/mol. The van der Waals surface area contributed by atoms with Crippen LogP contribution in [-0.4, -0.2) is 47.8 Å². The molecule has 0 saturated carbocycles. The van der Waals surface area contributed by atoms with E-state index >= 15 is 0 Å². The largest absolute Gasteiger partial charge is 0.354 e. The van der Waals surface area contributed by atoms with Crippen molar-refractivity contribution < 1.29 is 9.59 Å². The molecule has 1 N–H and O–H groups in total. The summed E-state index contributed by atoms with van der Waals surface area (Å²) in [5, 5.41) is 3.81. The zero-order valence-corrected chi connectivity index (χ0v) is 17.2. The van der Waals surface area contributed by atoms with Gasteiger partial charge >= 0.3 is 0 Å². The van der Waals surface area contributed by atoms with Gasteiger partial charge in [0.15, 0.2) is 0 Å². The quantitative estimate of drug-likeness (QED) is 0.793. The van der Waals surface area contributed by atoms with Crippen molar-refractivity contribution in [1.82, 2.24) is 15.1 Å². The van der Waals surface area contributed by atoms with Crippen molar-refractivity contribution in [2.24, 2.45) is 5.92 Å². The molecule has 2 amide bonds. The number of benzene rings is 2. The first-order chi connectivity index (χ1) is 14.1. The Morgan fingerprint density at radius 3 is 2.66 bits per heavy atom. The Kier molecular flexibility index (Phi) is 6.16. The first-order valence-corrected chi connectivity index (χ1v) is 10.6. The lowest BCUT2D eigenvalue weighted by Crippen LogP contribution is -2.42. The van der Waals surface area contributed by atoms with E-state index in [2.05, 4.69) is 16.3 Å². The number of nitrogens with one attached hydrogen (secondary N) is 1. The summed E-state index contributed by atoms with van der Waals surface area (Å²) in [6, 6.07) is 15.6. The number of likely N-dealkylation sites (tertiary alicyclic amines) is 1. The molecule has 29 heavy (non-hydrogen) atoms. The Morgan fingerprint density at radius 2 is 1.90 bits per heavy atom. The van der Waals surface area contributed by atoms with E-state index in [9.17, 15) is 9.59 Å². The van der Waals surface area contributed by atoms with E-state index in [1.807, 2.05) is 42.5 Å². The Balaban J connectivity index is 1.18. The number of fused-ring (bicyclic) bond motifs is 1. The summed E-state index contributed by atoms with van der Waals surface area (Å²) in [5.74, 6) is 0.360. The minimum atomic E-state index is -0.0764. The van der Waals surface area contributed by atoms with Crippen molar-refractivity contribution in [2.45, 2.75) is 25.9 Å². The van der Waals surface area contributed by atoms with Gasteiger partial charge in [-0.2, -0.15) is 0 Å². The molecule has 2 aliphatic rings. The summed E-state index contributed by atoms with van der Waals surface area (Å²) in [4.78, 5) is 28.8. The molecule has 6 heteroatoms. The van der Waals surface area contributed by atoms with Crippen LogP contribution in [0.3, 0.4) is 0 Å². The van der Waals surface area contributed by atoms with Gasteiger partial charge in [-0.3, -0.25) is 14.5 Å². The summed E-state index contributed by atoms with van der Waals surface area (Å²) < 4.78 is 0. The summed E-state index contributed by atoms with van der Waals surface area (Å²) >= 11 is 6.07. The monoisotopic (exact) mass is 411 g/mol. The normalized spacial score (nSPS) is 17.4. The number of hydrogen-bond donors (Lipinski definition) is 1. The standard InChI is InChI=1S/C23H26ClN3O2/c24-20-6-3-4-18(12-20)14-26-10-8-17(9-11-26)13-25-22(28)16-27-15-19-5-1-2-7-21(19)23(27)29/h1-7,12,17H,8-11,13-16H2,(H,25,28). The summed E-state index contributed by atoms with van der Waals surface area (Å²) in [7, 11) is 0. The molecular formula is C23H26ClN3O2. The average molecular weight is 412 g/mol. The van der Waals surface area contributed by atoms with Gasteiger partial charge in [-0.25, -0.2) is 0 Å². The summed E-state index contributed by atoms with van der Waals surface area (Å²) in [5.41, 5.74) is 2.95. The van der Waals surface area contributed by atoms with E-state index in [0.29, 0.717) is 24.6 Å². The lowest BCUT2D eigenvalue weighted by atomic mass is 9.96. The van der Waals surface area contributed by atoms with Crippen LogP contribution in [0, 0.1) is 5.92 Å². The van der Waals surface area contributed by atoms with Crippen LogP contribution in [0.2, 0.25) is 5.02 Å². The molecule has 0 unspecified atom stereocenters. The number of amides is 2. The first kappa shape index (κ1) is 19.9. The Hall–Kier alpha value is -2.37. The minimum Gasteiger partial charge on any atom is -0.354 e. The number of hydrogen-bond acceptors (Lipinski definition) is 3. The molecule has 0 radical (unpaired) electrons. The van der Waals surface area contributed by atoms with Crippen LogP contribution in [0.5, 0.6) is 0 Å². The fourth-order valence-corrected chi connectivity index (χ4v) is 4.38. The Labute approximate surface area is 176 Å². The predicted octanol–water partition coefficient (Wildman–Crippen LogP) is 3.32. The van der Waals surface area contributed by atoms with Crippen molar-refractivity contribution in [3.63, 3.8) is 0 Å². The third kappa shape index (κ3) is 4.98. The molecule has 0 bridgehead atoms. The van der Waals surface area contributed by atoms with Gasteiger partial charge in [-0.1, -0.05) is 41.9 Å². The van der Waals surface area contributed by atoms with Gasteiger partial charge in [0.1, 0.15) is 6.54 Å². The van der Waals surface area contributed by atoms with Gasteiger partial charge in [0, 0.05) is 30.2 Å². The summed E-state index contributed by atoms with van der Waals surface area (Å²) in [6.07, 6.45) is 2.13. The molecule has 1 saturated heterocycles. The summed E-state index contributed by atoms with van der Waals surface area (Å²) in [6.45, 7) is 4.28. The lowest BCUT2D eigenvalue weighted by Gasteiger charge is -2.32. The third-order valence-electron chi connectivity index (χ3n) is 5.82. The highest BCUT2D eigenvalue weighted by molar-refractivity contribution is 6.30. The second-order valence-electron chi connectivity index (χ2n) is 7.97. The smallest absolute Gasteiger partial charge is 0.254 e. The van der Waals surface area contributed by atoms with Gasteiger partial charge in [-0.15, -0.1) is 0 Å². The molecule has 4 rings (SSSR count). The van der Waals surface area contributed by atoms with Crippen molar-refractivity contribution in [2.75, 3.05) is 26.2 Å². The van der Waals surface area contributed by atoms with Crippen LogP contribution in [0.1, 0.15) is 34.3 Å². The van der Waals surface area contributed by atoms with E-state index in [1.54, 1.807) is 4.90 Å². The highest BCUT2D eigenvalue weighted by Crippen LogP contribution is 2.22. The van der Waals surface area contributed by atoms with Gasteiger partial charge in [0.25, 0.3) is 5.91 Å². The fourth-order valence-electron chi connectivity index (χ4n) is 4.17. The molecule has 2 heterocycles. The second kappa shape index (κ2) is 8.97. The van der Waals surface area contributed by atoms with E-state index in [4.69, 9.17) is 11.6 Å². The maximum Gasteiger partial charge on any atom is 0.254 e. The van der Waals surface area contributed by atoms with Crippen molar-refractivity contribution in [3.8, 4) is 0 Å². The Bertz CT molecular complexity index is 893. The molecule has 2 aromatic rings. The SMILES string of the molecule is O=C(CN1Cc2ccccc2C1=O)NCC1CCN(Cc2cccc(Cl)c2)CC1. The number of carbonyl (C=O) groups is 2. The highest BCUT2D eigenvalue weighted by atomic mass is 35.5. The first-order valence-electron chi connectivity index (χ1n) is 10.2. The van der Waals surface area contributed by atoms with Crippen LogP contribution in [0.4, 0.5) is 0 Å². The number of nitrogens with zero attached hydrogens (tertiary/aromatic N) is 2. The zero-order chi connectivity index (χ0) is 20.2. The second-order valence-corrected chi connectivity index (χ2v) is 8.41. The third-order valence-corrected chi connectivity index (χ3v) is 6.06. The minimum absolute atomic E-state index is 0.0509. The zero-order valence-electron chi connectivity index (χ0n) is 16.4. The number of carbonyl (C=O) groups excluding carboxylic acids is 2. The molecule has 5 nitrogen and oxygen atoms in total. The molecule has 0 aliphatic carbocycles. The van der Waals surface area contributed by atoms with Crippen molar-refractivity contribution in [1.29, 1.82) is 0 Å². The topological polar surface area (TPSA) is 52.7 Å². The molecular weight excluding hydrogens is 386 g/mol. The highest BCUT2D eigenvalue weighted by Gasteiger charge is 2.28. The van der Waals surface area contributed by atoms with Crippen LogP contribution < -0.4 is 5.32 Å². The molecule has 0 aromatic heterocycles. The van der Waals surface area contributed by atoms with Crippen LogP contribution in [-0.2, 0) is 17.9 Å². The molecule has 152 valence electrons. The van der Waals surface area contributed by atoms with Crippen molar-refractivity contribution >= 4 is 23.4 Å². The number of piperidine rings is 1. The van der Waals surface area contributed by atoms with Crippen molar-refractivity contribution in [3.05, 3.63) is 70.2 Å². The van der Waals surface area contributed by atoms with E-state index in [-0.39, 0.29) is 18.4 Å². The van der Waals surface area contributed by atoms with E-state index < -0.39 is 0 Å². The average Bonchev–Trinajstić information content (AvgIpc) is 3.03. The van der Waals surface area contributed by atoms with Crippen LogP contribution in [0.15, 0.2) is 48.5 Å². The number of rotatable bonds is 6. The molecule has 1 fully saturated rings. The van der Waals surface area contributed by atoms with Crippen LogP contribution in [0.25, 0.3) is 0 Å². The molecule has 0 spiro atoms. The molecule has 2 aromatic carbocycles. The molecule has 0 atom stereocenters. The maximum atomic E-state index is 12.4. The molecule has 2 aliphatic heterocycles. The van der Waals surface area contributed by atoms with E-state index in [1.165, 1.54) is 5.56 Å². The van der Waals surface area contributed by atoms with Crippen LogP contribution >= 0.6 is 11.6 Å². The fraction of sp³-hybridized carbons (Fsp3) is 0.391.